The summed E-state index contributed by atoms with van der Waals surface area (Å²) in [6, 6.07) is 7.88. The molecule has 26 heavy (non-hydrogen) atoms. The first-order chi connectivity index (χ1) is 12.4. The van der Waals surface area contributed by atoms with Gasteiger partial charge in [-0.15, -0.1) is 0 Å². The van der Waals surface area contributed by atoms with Gasteiger partial charge in [-0.1, -0.05) is 29.8 Å². The first kappa shape index (κ1) is 17.9. The first-order valence-electron chi connectivity index (χ1n) is 9.91. The summed E-state index contributed by atoms with van der Waals surface area (Å²) < 4.78 is 29.6. The Morgan fingerprint density at radius 2 is 1.65 bits per heavy atom. The van der Waals surface area contributed by atoms with Crippen LogP contribution in [0.2, 0.25) is 0 Å². The maximum atomic E-state index is 14.8. The molecule has 0 radical (unpaired) electrons. The van der Waals surface area contributed by atoms with Gasteiger partial charge in [-0.2, -0.15) is 0 Å². The Bertz CT molecular complexity index is 648. The van der Waals surface area contributed by atoms with Crippen molar-refractivity contribution in [3.05, 3.63) is 35.4 Å². The zero-order valence-electron chi connectivity index (χ0n) is 15.5. The molecule has 5 heteroatoms. The van der Waals surface area contributed by atoms with Crippen LogP contribution in [0.25, 0.3) is 0 Å². The molecule has 3 fully saturated rings. The van der Waals surface area contributed by atoms with E-state index in [0.717, 1.165) is 38.8 Å². The van der Waals surface area contributed by atoms with Crippen molar-refractivity contribution in [3.63, 3.8) is 0 Å². The van der Waals surface area contributed by atoms with Crippen molar-refractivity contribution in [3.8, 4) is 0 Å². The third kappa shape index (κ3) is 3.64. The zero-order chi connectivity index (χ0) is 18.3. The Labute approximate surface area is 154 Å². The molecule has 1 saturated carbocycles. The Morgan fingerprint density at radius 1 is 1.00 bits per heavy atom. The summed E-state index contributed by atoms with van der Waals surface area (Å²) in [5, 5.41) is 0. The van der Waals surface area contributed by atoms with Crippen LogP contribution >= 0.6 is 0 Å². The van der Waals surface area contributed by atoms with E-state index in [9.17, 15) is 13.6 Å². The molecule has 4 rings (SSSR count). The summed E-state index contributed by atoms with van der Waals surface area (Å²) in [6.45, 7) is 3.60. The number of amides is 1. The number of hydrogen-bond donors (Lipinski definition) is 0. The molecular weight excluding hydrogens is 334 g/mol. The standard InChI is InChI=1S/C21H28F2N2O/c1-15-2-4-16(5-3-15)17-8-11-24(12-9-17)19-10-13-25(14-21(19,22)23)20(26)18-6-7-18/h2-5,17-19H,6-14H2,1H3. The van der Waals surface area contributed by atoms with Crippen molar-refractivity contribution in [1.82, 2.24) is 9.80 Å². The minimum absolute atomic E-state index is 0.0209. The smallest absolute Gasteiger partial charge is 0.280 e. The number of rotatable bonds is 3. The van der Waals surface area contributed by atoms with Crippen LogP contribution in [-0.4, -0.2) is 53.9 Å². The highest BCUT2D eigenvalue weighted by Crippen LogP contribution is 2.38. The normalized spacial score (nSPS) is 27.5. The lowest BCUT2D eigenvalue weighted by atomic mass is 9.87. The molecule has 0 bridgehead atoms. The van der Waals surface area contributed by atoms with E-state index >= 15 is 0 Å². The summed E-state index contributed by atoms with van der Waals surface area (Å²) in [5.41, 5.74) is 2.57. The molecule has 1 unspecified atom stereocenters. The van der Waals surface area contributed by atoms with Crippen molar-refractivity contribution >= 4 is 5.91 Å². The number of piperidine rings is 2. The molecule has 1 aromatic rings. The number of likely N-dealkylation sites (tertiary alicyclic amines) is 2. The van der Waals surface area contributed by atoms with Crippen LogP contribution in [0.1, 0.15) is 49.1 Å². The highest BCUT2D eigenvalue weighted by molar-refractivity contribution is 5.81. The molecule has 0 aromatic heterocycles. The van der Waals surface area contributed by atoms with Crippen LogP contribution < -0.4 is 0 Å². The van der Waals surface area contributed by atoms with E-state index in [1.807, 2.05) is 4.90 Å². The molecule has 3 aliphatic rings. The lowest BCUT2D eigenvalue weighted by molar-refractivity contribution is -0.157. The van der Waals surface area contributed by atoms with Gasteiger partial charge in [0.2, 0.25) is 5.91 Å². The molecule has 1 aromatic carbocycles. The molecule has 1 aliphatic carbocycles. The highest BCUT2D eigenvalue weighted by atomic mass is 19.3. The van der Waals surface area contributed by atoms with Gasteiger partial charge < -0.3 is 4.90 Å². The summed E-state index contributed by atoms with van der Waals surface area (Å²) >= 11 is 0. The molecule has 1 atom stereocenters. The molecular formula is C21H28F2N2O. The average molecular weight is 362 g/mol. The topological polar surface area (TPSA) is 23.6 Å². The monoisotopic (exact) mass is 362 g/mol. The number of aryl methyl sites for hydroxylation is 1. The fourth-order valence-electron chi connectivity index (χ4n) is 4.54. The lowest BCUT2D eigenvalue weighted by Crippen LogP contribution is -2.60. The summed E-state index contributed by atoms with van der Waals surface area (Å²) in [7, 11) is 0. The molecule has 0 N–H and O–H groups in total. The molecule has 1 amide bonds. The Kier molecular flexibility index (Phi) is 4.76. The minimum atomic E-state index is -2.81. The Balaban J connectivity index is 1.35. The molecule has 2 saturated heterocycles. The number of halogens is 2. The van der Waals surface area contributed by atoms with Gasteiger partial charge in [0.1, 0.15) is 0 Å². The predicted molar refractivity (Wildman–Crippen MR) is 97.4 cm³/mol. The van der Waals surface area contributed by atoms with Crippen molar-refractivity contribution < 1.29 is 13.6 Å². The third-order valence-corrected chi connectivity index (χ3v) is 6.32. The quantitative estimate of drug-likeness (QED) is 0.816. The number of carbonyl (C=O) groups excluding carboxylic acids is 1. The zero-order valence-corrected chi connectivity index (χ0v) is 15.5. The number of hydrogen-bond acceptors (Lipinski definition) is 2. The van der Waals surface area contributed by atoms with Gasteiger partial charge in [0.05, 0.1) is 12.6 Å². The molecule has 2 aliphatic heterocycles. The van der Waals surface area contributed by atoms with Crippen LogP contribution in [0.15, 0.2) is 24.3 Å². The Morgan fingerprint density at radius 3 is 2.23 bits per heavy atom. The van der Waals surface area contributed by atoms with E-state index in [4.69, 9.17) is 0 Å². The lowest BCUT2D eigenvalue weighted by Gasteiger charge is -2.46. The second-order valence-corrected chi connectivity index (χ2v) is 8.32. The number of benzene rings is 1. The van der Waals surface area contributed by atoms with Crippen LogP contribution in [0.4, 0.5) is 8.78 Å². The van der Waals surface area contributed by atoms with Gasteiger partial charge in [0.25, 0.3) is 5.92 Å². The third-order valence-electron chi connectivity index (χ3n) is 6.32. The van der Waals surface area contributed by atoms with Crippen molar-refractivity contribution in [2.45, 2.75) is 56.9 Å². The van der Waals surface area contributed by atoms with Crippen molar-refractivity contribution in [2.24, 2.45) is 5.92 Å². The van der Waals surface area contributed by atoms with Gasteiger partial charge in [-0.3, -0.25) is 9.69 Å². The summed E-state index contributed by atoms with van der Waals surface area (Å²) in [4.78, 5) is 15.5. The van der Waals surface area contributed by atoms with E-state index in [1.165, 1.54) is 16.0 Å². The second kappa shape index (κ2) is 6.91. The molecule has 142 valence electrons. The number of carbonyl (C=O) groups is 1. The fraction of sp³-hybridized carbons (Fsp3) is 0.667. The summed E-state index contributed by atoms with van der Waals surface area (Å²) in [6.07, 6.45) is 4.00. The highest BCUT2D eigenvalue weighted by Gasteiger charge is 2.50. The minimum Gasteiger partial charge on any atom is -0.336 e. The van der Waals surface area contributed by atoms with Gasteiger partial charge >= 0.3 is 0 Å². The fourth-order valence-corrected chi connectivity index (χ4v) is 4.54. The van der Waals surface area contributed by atoms with Gasteiger partial charge in [-0.25, -0.2) is 8.78 Å². The number of nitrogens with zero attached hydrogens (tertiary/aromatic N) is 2. The van der Waals surface area contributed by atoms with Crippen molar-refractivity contribution in [1.29, 1.82) is 0 Å². The van der Waals surface area contributed by atoms with E-state index in [0.29, 0.717) is 18.9 Å². The van der Waals surface area contributed by atoms with Gasteiger partial charge in [0.15, 0.2) is 0 Å². The predicted octanol–water partition coefficient (Wildman–Crippen LogP) is 3.82. The number of alkyl halides is 2. The SMILES string of the molecule is Cc1ccc(C2CCN(C3CCN(C(=O)C4CC4)CC3(F)F)CC2)cc1. The maximum Gasteiger partial charge on any atom is 0.280 e. The van der Waals surface area contributed by atoms with E-state index in [1.54, 1.807) is 0 Å². The maximum absolute atomic E-state index is 14.8. The van der Waals surface area contributed by atoms with Gasteiger partial charge in [0, 0.05) is 12.5 Å². The van der Waals surface area contributed by atoms with E-state index < -0.39 is 18.5 Å². The van der Waals surface area contributed by atoms with Crippen LogP contribution in [-0.2, 0) is 4.79 Å². The second-order valence-electron chi connectivity index (χ2n) is 8.32. The van der Waals surface area contributed by atoms with Crippen LogP contribution in [0.5, 0.6) is 0 Å². The van der Waals surface area contributed by atoms with Crippen LogP contribution in [0, 0.1) is 12.8 Å². The Hall–Kier alpha value is -1.49. The molecule has 2 heterocycles. The van der Waals surface area contributed by atoms with E-state index in [-0.39, 0.29) is 11.8 Å². The average Bonchev–Trinajstić information content (AvgIpc) is 3.46. The first-order valence-corrected chi connectivity index (χ1v) is 9.91. The molecule has 0 spiro atoms. The summed E-state index contributed by atoms with van der Waals surface area (Å²) in [5.74, 6) is -2.37. The van der Waals surface area contributed by atoms with Crippen molar-refractivity contribution in [2.75, 3.05) is 26.2 Å². The van der Waals surface area contributed by atoms with Gasteiger partial charge in [-0.05, 0) is 63.6 Å². The van der Waals surface area contributed by atoms with Crippen LogP contribution in [0.3, 0.4) is 0 Å². The molecule has 3 nitrogen and oxygen atoms in total. The largest absolute Gasteiger partial charge is 0.336 e. The van der Waals surface area contributed by atoms with E-state index in [2.05, 4.69) is 31.2 Å².